The minimum absolute atomic E-state index is 0.0512. The summed E-state index contributed by atoms with van der Waals surface area (Å²) in [7, 11) is 1.77. The molecule has 102 valence electrons. The highest BCUT2D eigenvalue weighted by atomic mass is 16.3. The van der Waals surface area contributed by atoms with E-state index in [-0.39, 0.29) is 17.9 Å². The maximum atomic E-state index is 11.9. The number of aliphatic hydroxyl groups excluding tert-OH is 1. The van der Waals surface area contributed by atoms with Crippen LogP contribution >= 0.6 is 0 Å². The lowest BCUT2D eigenvalue weighted by molar-refractivity contribution is -0.125. The number of amides is 1. The average molecular weight is 260 g/mol. The van der Waals surface area contributed by atoms with Crippen molar-refractivity contribution in [2.45, 2.75) is 25.4 Å². The van der Waals surface area contributed by atoms with E-state index in [1.54, 1.807) is 24.2 Å². The van der Waals surface area contributed by atoms with Crippen molar-refractivity contribution in [2.75, 3.05) is 13.6 Å². The van der Waals surface area contributed by atoms with Crippen LogP contribution in [-0.2, 0) is 4.79 Å². The molecule has 2 atom stereocenters. The van der Waals surface area contributed by atoms with Crippen LogP contribution in [0.25, 0.3) is 6.08 Å². The first-order valence-electron chi connectivity index (χ1n) is 6.69. The van der Waals surface area contributed by atoms with Crippen molar-refractivity contribution >= 4 is 12.0 Å². The Morgan fingerprint density at radius 1 is 1.53 bits per heavy atom. The number of likely N-dealkylation sites (N-methyl/N-ethyl adjacent to an activating group) is 1. The van der Waals surface area contributed by atoms with E-state index in [2.05, 4.69) is 4.98 Å². The summed E-state index contributed by atoms with van der Waals surface area (Å²) in [5, 5.41) is 9.76. The number of rotatable bonds is 4. The highest BCUT2D eigenvalue weighted by Gasteiger charge is 2.26. The zero-order valence-corrected chi connectivity index (χ0v) is 11.2. The number of hydrogen-bond donors (Lipinski definition) is 1. The summed E-state index contributed by atoms with van der Waals surface area (Å²) in [5.74, 6) is 0.168. The Morgan fingerprint density at radius 2 is 2.37 bits per heavy atom. The molecule has 0 saturated heterocycles. The zero-order chi connectivity index (χ0) is 13.7. The zero-order valence-electron chi connectivity index (χ0n) is 11.2. The van der Waals surface area contributed by atoms with Crippen LogP contribution in [0.1, 0.15) is 25.0 Å². The Balaban J connectivity index is 1.87. The number of hydrogen-bond acceptors (Lipinski definition) is 3. The maximum Gasteiger partial charge on any atom is 0.246 e. The molecule has 1 aromatic rings. The second kappa shape index (κ2) is 6.48. The number of pyridine rings is 1. The minimum atomic E-state index is -0.255. The Hall–Kier alpha value is -1.68. The second-order valence-corrected chi connectivity index (χ2v) is 5.07. The van der Waals surface area contributed by atoms with E-state index >= 15 is 0 Å². The van der Waals surface area contributed by atoms with E-state index in [1.165, 1.54) is 6.08 Å². The Bertz CT molecular complexity index is 445. The molecule has 2 unspecified atom stereocenters. The van der Waals surface area contributed by atoms with Gasteiger partial charge in [0.25, 0.3) is 0 Å². The molecule has 19 heavy (non-hydrogen) atoms. The molecular weight excluding hydrogens is 240 g/mol. The SMILES string of the molecule is CN(CC1CCCC1O)C(=O)/C=C/c1ccccn1. The van der Waals surface area contributed by atoms with Crippen LogP contribution in [0.2, 0.25) is 0 Å². The van der Waals surface area contributed by atoms with Gasteiger partial charge in [0.15, 0.2) is 0 Å². The molecule has 0 bridgehead atoms. The van der Waals surface area contributed by atoms with E-state index < -0.39 is 0 Å². The van der Waals surface area contributed by atoms with Gasteiger partial charge in [0.2, 0.25) is 5.91 Å². The van der Waals surface area contributed by atoms with Crippen molar-refractivity contribution in [3.05, 3.63) is 36.2 Å². The number of nitrogens with zero attached hydrogens (tertiary/aromatic N) is 2. The average Bonchev–Trinajstić information content (AvgIpc) is 2.82. The van der Waals surface area contributed by atoms with E-state index in [9.17, 15) is 9.90 Å². The van der Waals surface area contributed by atoms with Crippen molar-refractivity contribution in [1.29, 1.82) is 0 Å². The summed E-state index contributed by atoms with van der Waals surface area (Å²) in [6.07, 6.45) is 7.60. The van der Waals surface area contributed by atoms with Crippen LogP contribution in [0.5, 0.6) is 0 Å². The predicted molar refractivity (Wildman–Crippen MR) is 74.3 cm³/mol. The second-order valence-electron chi connectivity index (χ2n) is 5.07. The topological polar surface area (TPSA) is 53.4 Å². The molecular formula is C15H20N2O2. The van der Waals surface area contributed by atoms with E-state index in [0.717, 1.165) is 25.0 Å². The lowest BCUT2D eigenvalue weighted by atomic mass is 10.1. The molecule has 0 aliphatic heterocycles. The number of carbonyl (C=O) groups is 1. The largest absolute Gasteiger partial charge is 0.393 e. The Morgan fingerprint density at radius 3 is 3.00 bits per heavy atom. The summed E-state index contributed by atoms with van der Waals surface area (Å²) in [6, 6.07) is 5.58. The summed E-state index contributed by atoms with van der Waals surface area (Å²) in [6.45, 7) is 0.618. The molecule has 4 nitrogen and oxygen atoms in total. The highest BCUT2D eigenvalue weighted by molar-refractivity contribution is 5.91. The summed E-state index contributed by atoms with van der Waals surface area (Å²) >= 11 is 0. The fourth-order valence-corrected chi connectivity index (χ4v) is 2.43. The quantitative estimate of drug-likeness (QED) is 0.839. The molecule has 1 fully saturated rings. The van der Waals surface area contributed by atoms with Crippen molar-refractivity contribution < 1.29 is 9.90 Å². The van der Waals surface area contributed by atoms with Crippen molar-refractivity contribution in [2.24, 2.45) is 5.92 Å². The van der Waals surface area contributed by atoms with Crippen LogP contribution in [-0.4, -0.2) is 40.6 Å². The van der Waals surface area contributed by atoms with Crippen molar-refractivity contribution in [1.82, 2.24) is 9.88 Å². The smallest absolute Gasteiger partial charge is 0.246 e. The standard InChI is InChI=1S/C15H20N2O2/c1-17(11-12-5-4-7-14(12)18)15(19)9-8-13-6-2-3-10-16-13/h2-3,6,8-10,12,14,18H,4-5,7,11H2,1H3/b9-8+. The van der Waals surface area contributed by atoms with Gasteiger partial charge in [-0.15, -0.1) is 0 Å². The monoisotopic (exact) mass is 260 g/mol. The van der Waals surface area contributed by atoms with E-state index in [0.29, 0.717) is 6.54 Å². The summed E-state index contributed by atoms with van der Waals surface area (Å²) in [4.78, 5) is 17.7. The molecule has 1 saturated carbocycles. The number of aliphatic hydroxyl groups is 1. The third-order valence-corrected chi connectivity index (χ3v) is 3.59. The summed E-state index contributed by atoms with van der Waals surface area (Å²) in [5.41, 5.74) is 0.769. The van der Waals surface area contributed by atoms with Gasteiger partial charge in [-0.25, -0.2) is 0 Å². The van der Waals surface area contributed by atoms with Gasteiger partial charge in [-0.3, -0.25) is 9.78 Å². The van der Waals surface area contributed by atoms with Gasteiger partial charge in [0.1, 0.15) is 0 Å². The van der Waals surface area contributed by atoms with Crippen molar-refractivity contribution in [3.8, 4) is 0 Å². The fraction of sp³-hybridized carbons (Fsp3) is 0.467. The molecule has 4 heteroatoms. The first-order valence-corrected chi connectivity index (χ1v) is 6.69. The fourth-order valence-electron chi connectivity index (χ4n) is 2.43. The third-order valence-electron chi connectivity index (χ3n) is 3.59. The summed E-state index contributed by atoms with van der Waals surface area (Å²) < 4.78 is 0. The number of carbonyl (C=O) groups excluding carboxylic acids is 1. The van der Waals surface area contributed by atoms with Gasteiger partial charge < -0.3 is 10.0 Å². The molecule has 0 radical (unpaired) electrons. The van der Waals surface area contributed by atoms with Gasteiger partial charge in [-0.2, -0.15) is 0 Å². The third kappa shape index (κ3) is 3.89. The number of aromatic nitrogens is 1. The highest BCUT2D eigenvalue weighted by Crippen LogP contribution is 2.25. The molecule has 1 aliphatic carbocycles. The van der Waals surface area contributed by atoms with Crippen LogP contribution in [0.15, 0.2) is 30.5 Å². The lowest BCUT2D eigenvalue weighted by Gasteiger charge is -2.22. The van der Waals surface area contributed by atoms with Crippen LogP contribution in [0.3, 0.4) is 0 Å². The van der Waals surface area contributed by atoms with Gasteiger partial charge in [0, 0.05) is 31.8 Å². The predicted octanol–water partition coefficient (Wildman–Crippen LogP) is 1.71. The van der Waals surface area contributed by atoms with Gasteiger partial charge in [-0.05, 0) is 31.1 Å². The molecule has 1 amide bonds. The Kier molecular flexibility index (Phi) is 4.68. The normalized spacial score (nSPS) is 22.8. The molecule has 2 rings (SSSR count). The molecule has 1 aromatic heterocycles. The minimum Gasteiger partial charge on any atom is -0.393 e. The van der Waals surface area contributed by atoms with E-state index in [1.807, 2.05) is 18.2 Å². The molecule has 0 spiro atoms. The maximum absolute atomic E-state index is 11.9. The van der Waals surface area contributed by atoms with Crippen LogP contribution in [0, 0.1) is 5.92 Å². The molecule has 1 heterocycles. The molecule has 1 N–H and O–H groups in total. The molecule has 1 aliphatic rings. The van der Waals surface area contributed by atoms with E-state index in [4.69, 9.17) is 0 Å². The first-order chi connectivity index (χ1) is 9.16. The van der Waals surface area contributed by atoms with Gasteiger partial charge in [0.05, 0.1) is 11.8 Å². The van der Waals surface area contributed by atoms with Gasteiger partial charge >= 0.3 is 0 Å². The van der Waals surface area contributed by atoms with Gasteiger partial charge in [-0.1, -0.05) is 12.5 Å². The Labute approximate surface area is 113 Å². The van der Waals surface area contributed by atoms with Crippen LogP contribution < -0.4 is 0 Å². The van der Waals surface area contributed by atoms with Crippen LogP contribution in [0.4, 0.5) is 0 Å². The first kappa shape index (κ1) is 13.7. The molecule has 0 aromatic carbocycles. The lowest BCUT2D eigenvalue weighted by Crippen LogP contribution is -2.33. The van der Waals surface area contributed by atoms with Crippen molar-refractivity contribution in [3.63, 3.8) is 0 Å².